The van der Waals surface area contributed by atoms with E-state index >= 15 is 0 Å². The maximum absolute atomic E-state index is 13.2. The van der Waals surface area contributed by atoms with E-state index in [1.807, 2.05) is 44.2 Å². The Labute approximate surface area is 186 Å². The number of sulfonamides is 1. The highest BCUT2D eigenvalue weighted by atomic mass is 32.2. The second-order valence-electron chi connectivity index (χ2n) is 7.98. The predicted molar refractivity (Wildman–Crippen MR) is 125 cm³/mol. The quantitative estimate of drug-likeness (QED) is 0.639. The SMILES string of the molecule is CCN(CC)S(=O)(=O)c1ccc(N2CCCC2)c(C(=O)NC[C@H](C)c2ccccc2)c1. The number of carbonyl (C=O) groups excluding carboxylic acids is 1. The molecule has 168 valence electrons. The van der Waals surface area contributed by atoms with Crippen LogP contribution in [-0.4, -0.2) is 51.4 Å². The molecule has 1 saturated heterocycles. The number of benzene rings is 2. The van der Waals surface area contributed by atoms with Crippen LogP contribution >= 0.6 is 0 Å². The van der Waals surface area contributed by atoms with Crippen molar-refractivity contribution in [1.82, 2.24) is 9.62 Å². The average molecular weight is 444 g/mol. The highest BCUT2D eigenvalue weighted by Gasteiger charge is 2.26. The third-order valence-corrected chi connectivity index (χ3v) is 7.99. The molecule has 1 fully saturated rings. The highest BCUT2D eigenvalue weighted by molar-refractivity contribution is 7.89. The smallest absolute Gasteiger partial charge is 0.253 e. The Morgan fingerprint density at radius 2 is 1.71 bits per heavy atom. The van der Waals surface area contributed by atoms with E-state index < -0.39 is 10.0 Å². The van der Waals surface area contributed by atoms with Crippen LogP contribution in [-0.2, 0) is 10.0 Å². The first kappa shape index (κ1) is 23.3. The monoisotopic (exact) mass is 443 g/mol. The topological polar surface area (TPSA) is 69.7 Å². The summed E-state index contributed by atoms with van der Waals surface area (Å²) in [5.41, 5.74) is 2.39. The summed E-state index contributed by atoms with van der Waals surface area (Å²) < 4.78 is 27.5. The van der Waals surface area contributed by atoms with Crippen LogP contribution in [0.5, 0.6) is 0 Å². The molecule has 0 spiro atoms. The summed E-state index contributed by atoms with van der Waals surface area (Å²) >= 11 is 0. The molecule has 7 heteroatoms. The minimum atomic E-state index is -3.64. The van der Waals surface area contributed by atoms with Gasteiger partial charge < -0.3 is 10.2 Å². The van der Waals surface area contributed by atoms with Crippen molar-refractivity contribution >= 4 is 21.6 Å². The van der Waals surface area contributed by atoms with E-state index in [0.29, 0.717) is 25.2 Å². The molecule has 0 bridgehead atoms. The van der Waals surface area contributed by atoms with Crippen LogP contribution in [0, 0.1) is 0 Å². The Balaban J connectivity index is 1.89. The Morgan fingerprint density at radius 1 is 1.06 bits per heavy atom. The molecule has 0 radical (unpaired) electrons. The second-order valence-corrected chi connectivity index (χ2v) is 9.92. The van der Waals surface area contributed by atoms with Crippen LogP contribution in [0.3, 0.4) is 0 Å². The van der Waals surface area contributed by atoms with Crippen molar-refractivity contribution in [3.63, 3.8) is 0 Å². The van der Waals surface area contributed by atoms with Gasteiger partial charge in [-0.15, -0.1) is 0 Å². The van der Waals surface area contributed by atoms with Gasteiger partial charge in [-0.25, -0.2) is 8.42 Å². The molecule has 2 aromatic rings. The van der Waals surface area contributed by atoms with Crippen molar-refractivity contribution in [2.24, 2.45) is 0 Å². The molecular weight excluding hydrogens is 410 g/mol. The minimum Gasteiger partial charge on any atom is -0.371 e. The minimum absolute atomic E-state index is 0.156. The lowest BCUT2D eigenvalue weighted by atomic mass is 10.0. The first-order valence-corrected chi connectivity index (χ1v) is 12.5. The molecule has 6 nitrogen and oxygen atoms in total. The lowest BCUT2D eigenvalue weighted by molar-refractivity contribution is 0.0952. The number of nitrogens with zero attached hydrogens (tertiary/aromatic N) is 2. The lowest BCUT2D eigenvalue weighted by Crippen LogP contribution is -2.32. The van der Waals surface area contributed by atoms with E-state index in [2.05, 4.69) is 17.1 Å². The zero-order valence-electron chi connectivity index (χ0n) is 18.7. The van der Waals surface area contributed by atoms with Crippen molar-refractivity contribution in [3.05, 3.63) is 59.7 Å². The normalized spacial score (nSPS) is 15.3. The fourth-order valence-electron chi connectivity index (χ4n) is 4.04. The molecule has 0 saturated carbocycles. The van der Waals surface area contributed by atoms with Gasteiger partial charge >= 0.3 is 0 Å². The van der Waals surface area contributed by atoms with Gasteiger partial charge in [0.25, 0.3) is 5.91 Å². The first-order valence-electron chi connectivity index (χ1n) is 11.1. The van der Waals surface area contributed by atoms with E-state index in [0.717, 1.165) is 37.2 Å². The van der Waals surface area contributed by atoms with Crippen molar-refractivity contribution in [2.75, 3.05) is 37.6 Å². The highest BCUT2D eigenvalue weighted by Crippen LogP contribution is 2.28. The number of amides is 1. The number of hydrogen-bond donors (Lipinski definition) is 1. The van der Waals surface area contributed by atoms with E-state index in [4.69, 9.17) is 0 Å². The molecule has 1 heterocycles. The molecule has 2 aromatic carbocycles. The van der Waals surface area contributed by atoms with Gasteiger partial charge in [-0.05, 0) is 42.5 Å². The summed E-state index contributed by atoms with van der Waals surface area (Å²) in [7, 11) is -3.64. The zero-order chi connectivity index (χ0) is 22.4. The van der Waals surface area contributed by atoms with Crippen molar-refractivity contribution in [2.45, 2.75) is 44.4 Å². The van der Waals surface area contributed by atoms with Gasteiger partial charge in [0.15, 0.2) is 0 Å². The maximum Gasteiger partial charge on any atom is 0.253 e. The Morgan fingerprint density at radius 3 is 2.32 bits per heavy atom. The lowest BCUT2D eigenvalue weighted by Gasteiger charge is -2.24. The molecule has 0 aliphatic carbocycles. The van der Waals surface area contributed by atoms with Crippen LogP contribution in [0.2, 0.25) is 0 Å². The van der Waals surface area contributed by atoms with Gasteiger partial charge in [0.05, 0.1) is 10.5 Å². The summed E-state index contributed by atoms with van der Waals surface area (Å²) in [6.45, 7) is 8.72. The van der Waals surface area contributed by atoms with Gasteiger partial charge in [0.1, 0.15) is 0 Å². The van der Waals surface area contributed by atoms with Crippen molar-refractivity contribution in [1.29, 1.82) is 0 Å². The Hall–Kier alpha value is -2.38. The number of anilines is 1. The number of hydrogen-bond acceptors (Lipinski definition) is 4. The number of rotatable bonds is 9. The van der Waals surface area contributed by atoms with Gasteiger partial charge in [0.2, 0.25) is 10.0 Å². The summed E-state index contributed by atoms with van der Waals surface area (Å²) in [6, 6.07) is 15.0. The van der Waals surface area contributed by atoms with Crippen molar-refractivity contribution in [3.8, 4) is 0 Å². The van der Waals surface area contributed by atoms with Gasteiger partial charge in [-0.2, -0.15) is 4.31 Å². The van der Waals surface area contributed by atoms with E-state index in [9.17, 15) is 13.2 Å². The van der Waals surface area contributed by atoms with Crippen molar-refractivity contribution < 1.29 is 13.2 Å². The van der Waals surface area contributed by atoms with Gasteiger partial charge in [0, 0.05) is 38.4 Å². The summed E-state index contributed by atoms with van der Waals surface area (Å²) in [4.78, 5) is 15.5. The molecular formula is C24H33N3O3S. The standard InChI is InChI=1S/C24H33N3O3S/c1-4-27(5-2)31(29,30)21-13-14-23(26-15-9-10-16-26)22(17-21)24(28)25-18-19(3)20-11-7-6-8-12-20/h6-8,11-14,17,19H,4-5,9-10,15-16,18H2,1-3H3,(H,25,28)/t19-/m0/s1. The molecule has 1 aliphatic heterocycles. The molecule has 1 N–H and O–H groups in total. The van der Waals surface area contributed by atoms with E-state index in [-0.39, 0.29) is 16.7 Å². The average Bonchev–Trinajstić information content (AvgIpc) is 3.33. The van der Waals surface area contributed by atoms with Crippen LogP contribution in [0.1, 0.15) is 55.5 Å². The van der Waals surface area contributed by atoms with E-state index in [1.54, 1.807) is 18.2 Å². The van der Waals surface area contributed by atoms with Crippen LogP contribution < -0.4 is 10.2 Å². The molecule has 3 rings (SSSR count). The van der Waals surface area contributed by atoms with Crippen LogP contribution in [0.4, 0.5) is 5.69 Å². The largest absolute Gasteiger partial charge is 0.371 e. The molecule has 0 unspecified atom stereocenters. The molecule has 31 heavy (non-hydrogen) atoms. The Bertz CT molecular complexity index is 982. The molecule has 0 aromatic heterocycles. The summed E-state index contributed by atoms with van der Waals surface area (Å²) in [5.74, 6) is -0.0794. The number of carbonyl (C=O) groups is 1. The molecule has 1 amide bonds. The van der Waals surface area contributed by atoms with Gasteiger partial charge in [-0.1, -0.05) is 51.1 Å². The maximum atomic E-state index is 13.2. The van der Waals surface area contributed by atoms with Crippen LogP contribution in [0.25, 0.3) is 0 Å². The first-order chi connectivity index (χ1) is 14.9. The predicted octanol–water partition coefficient (Wildman–Crippen LogP) is 3.85. The third-order valence-electron chi connectivity index (χ3n) is 5.94. The third kappa shape index (κ3) is 5.28. The number of nitrogens with one attached hydrogen (secondary N) is 1. The molecule has 1 atom stereocenters. The summed E-state index contributed by atoms with van der Waals surface area (Å²) in [6.07, 6.45) is 2.15. The van der Waals surface area contributed by atoms with E-state index in [1.165, 1.54) is 4.31 Å². The van der Waals surface area contributed by atoms with Gasteiger partial charge in [-0.3, -0.25) is 4.79 Å². The van der Waals surface area contributed by atoms with Crippen LogP contribution in [0.15, 0.2) is 53.4 Å². The molecule has 1 aliphatic rings. The summed E-state index contributed by atoms with van der Waals surface area (Å²) in [5, 5.41) is 3.02. The second kappa shape index (κ2) is 10.3. The zero-order valence-corrected chi connectivity index (χ0v) is 19.5. The fraction of sp³-hybridized carbons (Fsp3) is 0.458. The Kier molecular flexibility index (Phi) is 7.73. The fourth-order valence-corrected chi connectivity index (χ4v) is 5.53.